The fraction of sp³-hybridized carbons (Fsp3) is 0.235. The van der Waals surface area contributed by atoms with Crippen molar-refractivity contribution in [1.29, 1.82) is 0 Å². The molecular formula is C17H17F3N2O3S. The van der Waals surface area contributed by atoms with Crippen LogP contribution in [-0.2, 0) is 10.0 Å². The molecule has 26 heavy (non-hydrogen) atoms. The molecule has 9 heteroatoms. The third kappa shape index (κ3) is 4.98. The highest BCUT2D eigenvalue weighted by Crippen LogP contribution is 2.23. The van der Waals surface area contributed by atoms with E-state index in [-0.39, 0.29) is 16.1 Å². The van der Waals surface area contributed by atoms with Crippen molar-refractivity contribution in [3.05, 3.63) is 59.2 Å². The highest BCUT2D eigenvalue weighted by Gasteiger charge is 2.28. The van der Waals surface area contributed by atoms with Crippen molar-refractivity contribution in [2.24, 2.45) is 0 Å². The average Bonchev–Trinajstić information content (AvgIpc) is 2.51. The molecule has 0 aliphatic heterocycles. The van der Waals surface area contributed by atoms with Crippen molar-refractivity contribution in [1.82, 2.24) is 5.32 Å². The normalized spacial score (nSPS) is 11.9. The molecule has 0 bridgehead atoms. The zero-order chi connectivity index (χ0) is 19.5. The maximum atomic E-state index is 12.6. The van der Waals surface area contributed by atoms with Crippen molar-refractivity contribution in [3.8, 4) is 0 Å². The fourth-order valence-electron chi connectivity index (χ4n) is 2.35. The van der Waals surface area contributed by atoms with Gasteiger partial charge in [-0.25, -0.2) is 8.42 Å². The van der Waals surface area contributed by atoms with Crippen LogP contribution in [-0.4, -0.2) is 27.0 Å². The van der Waals surface area contributed by atoms with Crippen molar-refractivity contribution < 1.29 is 26.4 Å². The summed E-state index contributed by atoms with van der Waals surface area (Å²) in [4.78, 5) is 12.0. The molecule has 0 saturated carbocycles. The summed E-state index contributed by atoms with van der Waals surface area (Å²) in [7, 11) is -4.01. The number of anilines is 1. The first-order chi connectivity index (χ1) is 12.0. The predicted octanol–water partition coefficient (Wildman–Crippen LogP) is 3.40. The van der Waals surface area contributed by atoms with Crippen molar-refractivity contribution in [2.45, 2.75) is 24.9 Å². The second-order valence-electron chi connectivity index (χ2n) is 5.72. The number of carbonyl (C=O) groups is 1. The third-order valence-electron chi connectivity index (χ3n) is 3.49. The van der Waals surface area contributed by atoms with Crippen molar-refractivity contribution in [3.63, 3.8) is 0 Å². The number of nitrogens with one attached hydrogen (secondary N) is 2. The van der Waals surface area contributed by atoms with Gasteiger partial charge in [-0.05, 0) is 37.6 Å². The van der Waals surface area contributed by atoms with Crippen LogP contribution in [0.15, 0.2) is 47.4 Å². The zero-order valence-electron chi connectivity index (χ0n) is 14.0. The zero-order valence-corrected chi connectivity index (χ0v) is 14.8. The lowest BCUT2D eigenvalue weighted by Crippen LogP contribution is -2.34. The monoisotopic (exact) mass is 386 g/mol. The van der Waals surface area contributed by atoms with Gasteiger partial charge in [0.25, 0.3) is 15.9 Å². The topological polar surface area (TPSA) is 75.3 Å². The molecular weight excluding hydrogens is 369 g/mol. The van der Waals surface area contributed by atoms with E-state index in [1.165, 1.54) is 30.3 Å². The van der Waals surface area contributed by atoms with Crippen LogP contribution in [0, 0.1) is 13.8 Å². The summed E-state index contributed by atoms with van der Waals surface area (Å²) in [6.07, 6.45) is -4.57. The molecule has 0 spiro atoms. The van der Waals surface area contributed by atoms with E-state index >= 15 is 0 Å². The first-order valence-electron chi connectivity index (χ1n) is 7.54. The highest BCUT2D eigenvalue weighted by molar-refractivity contribution is 7.92. The Labute approximate surface area is 149 Å². The van der Waals surface area contributed by atoms with Crippen LogP contribution < -0.4 is 10.0 Å². The fourth-order valence-corrected chi connectivity index (χ4v) is 3.65. The van der Waals surface area contributed by atoms with Gasteiger partial charge in [0.2, 0.25) is 0 Å². The summed E-state index contributed by atoms with van der Waals surface area (Å²) in [5.41, 5.74) is 1.09. The van der Waals surface area contributed by atoms with Gasteiger partial charge in [-0.3, -0.25) is 9.52 Å². The summed E-state index contributed by atoms with van der Waals surface area (Å²) in [5.74, 6) is -1.03. The Morgan fingerprint density at radius 2 is 1.73 bits per heavy atom. The maximum Gasteiger partial charge on any atom is 0.405 e. The summed E-state index contributed by atoms with van der Waals surface area (Å²) < 4.78 is 64.3. The molecule has 1 amide bonds. The number of hydrogen-bond donors (Lipinski definition) is 2. The van der Waals surface area contributed by atoms with E-state index < -0.39 is 28.7 Å². The molecule has 0 aliphatic carbocycles. The van der Waals surface area contributed by atoms with Gasteiger partial charge in [-0.2, -0.15) is 13.2 Å². The number of benzene rings is 2. The molecule has 0 saturated heterocycles. The number of alkyl halides is 3. The Morgan fingerprint density at radius 1 is 1.08 bits per heavy atom. The molecule has 0 atom stereocenters. The van der Waals surface area contributed by atoms with Crippen LogP contribution >= 0.6 is 0 Å². The van der Waals surface area contributed by atoms with E-state index in [0.29, 0.717) is 5.56 Å². The Bertz CT molecular complexity index is 925. The average molecular weight is 386 g/mol. The minimum atomic E-state index is -4.57. The lowest BCUT2D eigenvalue weighted by Gasteiger charge is -2.14. The van der Waals surface area contributed by atoms with Gasteiger partial charge >= 0.3 is 6.18 Å². The molecule has 2 aromatic rings. The Kier molecular flexibility index (Phi) is 5.60. The second kappa shape index (κ2) is 7.36. The number of amides is 1. The minimum absolute atomic E-state index is 0.0219. The van der Waals surface area contributed by atoms with Crippen LogP contribution in [0.1, 0.15) is 21.5 Å². The number of rotatable bonds is 5. The molecule has 0 radical (unpaired) electrons. The van der Waals surface area contributed by atoms with Gasteiger partial charge in [0.15, 0.2) is 0 Å². The van der Waals surface area contributed by atoms with E-state index in [2.05, 4.69) is 4.72 Å². The Morgan fingerprint density at radius 3 is 2.35 bits per heavy atom. The summed E-state index contributed by atoms with van der Waals surface area (Å²) in [5, 5.41) is 1.72. The van der Waals surface area contributed by atoms with Crippen LogP contribution in [0.25, 0.3) is 0 Å². The Hall–Kier alpha value is -2.55. The van der Waals surface area contributed by atoms with Crippen LogP contribution in [0.3, 0.4) is 0 Å². The van der Waals surface area contributed by atoms with Gasteiger partial charge in [0.05, 0.1) is 16.1 Å². The molecule has 140 valence electrons. The van der Waals surface area contributed by atoms with E-state index in [0.717, 1.165) is 5.56 Å². The number of para-hydroxylation sites is 1. The SMILES string of the molecule is Cc1ccc(S(=O)(=O)Nc2ccccc2C(=O)NCC(F)(F)F)c(C)c1. The van der Waals surface area contributed by atoms with Crippen LogP contribution in [0.2, 0.25) is 0 Å². The highest BCUT2D eigenvalue weighted by atomic mass is 32.2. The second-order valence-corrected chi connectivity index (χ2v) is 7.37. The van der Waals surface area contributed by atoms with Gasteiger partial charge in [-0.15, -0.1) is 0 Å². The predicted molar refractivity (Wildman–Crippen MR) is 91.6 cm³/mol. The molecule has 2 rings (SSSR count). The maximum absolute atomic E-state index is 12.6. The van der Waals surface area contributed by atoms with Gasteiger partial charge < -0.3 is 5.32 Å². The number of carbonyl (C=O) groups excluding carboxylic acids is 1. The molecule has 5 nitrogen and oxygen atoms in total. The molecule has 2 N–H and O–H groups in total. The molecule has 0 unspecified atom stereocenters. The number of halogens is 3. The minimum Gasteiger partial charge on any atom is -0.343 e. The van der Waals surface area contributed by atoms with Gasteiger partial charge in [0, 0.05) is 0 Å². The van der Waals surface area contributed by atoms with E-state index in [4.69, 9.17) is 0 Å². The lowest BCUT2D eigenvalue weighted by molar-refractivity contribution is -0.123. The first-order valence-corrected chi connectivity index (χ1v) is 9.02. The molecule has 0 aliphatic rings. The standard InChI is InChI=1S/C17H17F3N2O3S/c1-11-7-8-15(12(2)9-11)26(24,25)22-14-6-4-3-5-13(14)16(23)21-10-17(18,19)20/h3-9,22H,10H2,1-2H3,(H,21,23). The van der Waals surface area contributed by atoms with Gasteiger partial charge in [-0.1, -0.05) is 29.8 Å². The Balaban J connectivity index is 2.31. The third-order valence-corrected chi connectivity index (χ3v) is 5.01. The molecule has 0 aromatic heterocycles. The van der Waals surface area contributed by atoms with E-state index in [1.807, 2.05) is 6.92 Å². The quantitative estimate of drug-likeness (QED) is 0.827. The van der Waals surface area contributed by atoms with E-state index in [9.17, 15) is 26.4 Å². The summed E-state index contributed by atoms with van der Waals surface area (Å²) >= 11 is 0. The summed E-state index contributed by atoms with van der Waals surface area (Å²) in [6.45, 7) is 1.94. The smallest absolute Gasteiger partial charge is 0.343 e. The number of sulfonamides is 1. The van der Waals surface area contributed by atoms with Crippen molar-refractivity contribution >= 4 is 21.6 Å². The molecule has 0 heterocycles. The largest absolute Gasteiger partial charge is 0.405 e. The lowest BCUT2D eigenvalue weighted by atomic mass is 10.1. The van der Waals surface area contributed by atoms with Crippen LogP contribution in [0.5, 0.6) is 0 Å². The number of hydrogen-bond acceptors (Lipinski definition) is 3. The van der Waals surface area contributed by atoms with E-state index in [1.54, 1.807) is 24.4 Å². The van der Waals surface area contributed by atoms with Crippen molar-refractivity contribution in [2.75, 3.05) is 11.3 Å². The van der Waals surface area contributed by atoms with Crippen LogP contribution in [0.4, 0.5) is 18.9 Å². The molecule has 0 fully saturated rings. The first kappa shape index (κ1) is 19.8. The summed E-state index contributed by atoms with van der Waals surface area (Å²) in [6, 6.07) is 10.2. The molecule has 2 aromatic carbocycles. The van der Waals surface area contributed by atoms with Gasteiger partial charge in [0.1, 0.15) is 6.54 Å². The number of aryl methyl sites for hydroxylation is 2.